The second-order valence-electron chi connectivity index (χ2n) is 5.06. The Labute approximate surface area is 123 Å². The number of ether oxygens (including phenoxy) is 2. The Morgan fingerprint density at radius 3 is 1.90 bits per heavy atom. The lowest BCUT2D eigenvalue weighted by Gasteiger charge is -2.30. The molecule has 1 aliphatic rings. The lowest BCUT2D eigenvalue weighted by molar-refractivity contribution is 0.0813. The van der Waals surface area contributed by atoms with Crippen LogP contribution in [0.5, 0.6) is 0 Å². The first-order valence-corrected chi connectivity index (χ1v) is 7.99. The quantitative estimate of drug-likeness (QED) is 0.643. The molecule has 0 spiro atoms. The lowest BCUT2D eigenvalue weighted by atomic mass is 10.2. The molecule has 0 bridgehead atoms. The van der Waals surface area contributed by atoms with Gasteiger partial charge in [-0.1, -0.05) is 12.8 Å². The van der Waals surface area contributed by atoms with E-state index in [4.69, 9.17) is 9.47 Å². The van der Waals surface area contributed by atoms with Crippen molar-refractivity contribution < 1.29 is 14.3 Å². The van der Waals surface area contributed by atoms with Crippen molar-refractivity contribution in [2.75, 3.05) is 52.6 Å². The summed E-state index contributed by atoms with van der Waals surface area (Å²) in [5.74, 6) is 0. The second kappa shape index (κ2) is 10.9. The van der Waals surface area contributed by atoms with Crippen LogP contribution in [0, 0.1) is 0 Å². The molecule has 0 aliphatic carbocycles. The normalized spacial score (nSPS) is 16.0. The highest BCUT2D eigenvalue weighted by atomic mass is 16.5. The van der Waals surface area contributed by atoms with Gasteiger partial charge in [0.1, 0.15) is 0 Å². The van der Waals surface area contributed by atoms with Crippen LogP contribution in [-0.4, -0.2) is 68.4 Å². The molecule has 0 unspecified atom stereocenters. The number of rotatable bonds is 8. The summed E-state index contributed by atoms with van der Waals surface area (Å²) < 4.78 is 10.8. The fourth-order valence-electron chi connectivity index (χ4n) is 2.40. The number of hydrogen-bond acceptors (Lipinski definition) is 3. The summed E-state index contributed by atoms with van der Waals surface area (Å²) in [5, 5.41) is 0. The van der Waals surface area contributed by atoms with Crippen molar-refractivity contribution in [2.24, 2.45) is 0 Å². The predicted octanol–water partition coefficient (Wildman–Crippen LogP) is 2.36. The Bertz CT molecular complexity index is 244. The number of amides is 2. The van der Waals surface area contributed by atoms with Crippen LogP contribution in [0.15, 0.2) is 0 Å². The van der Waals surface area contributed by atoms with Crippen LogP contribution in [0.3, 0.4) is 0 Å². The number of urea groups is 1. The van der Waals surface area contributed by atoms with Gasteiger partial charge in [0, 0.05) is 39.4 Å². The van der Waals surface area contributed by atoms with Crippen LogP contribution in [-0.2, 0) is 9.47 Å². The largest absolute Gasteiger partial charge is 0.380 e. The van der Waals surface area contributed by atoms with Crippen LogP contribution in [0.1, 0.15) is 39.5 Å². The number of hydrogen-bond donors (Lipinski definition) is 0. The topological polar surface area (TPSA) is 42.0 Å². The van der Waals surface area contributed by atoms with Crippen LogP contribution in [0.25, 0.3) is 0 Å². The van der Waals surface area contributed by atoms with Crippen molar-refractivity contribution in [3.63, 3.8) is 0 Å². The third-order valence-electron chi connectivity index (χ3n) is 3.57. The smallest absolute Gasteiger partial charge is 0.320 e. The first-order chi connectivity index (χ1) is 9.79. The molecule has 1 aliphatic heterocycles. The van der Waals surface area contributed by atoms with Crippen LogP contribution in [0.4, 0.5) is 4.79 Å². The highest BCUT2D eigenvalue weighted by Gasteiger charge is 2.21. The zero-order valence-corrected chi connectivity index (χ0v) is 13.1. The molecule has 1 heterocycles. The van der Waals surface area contributed by atoms with Crippen molar-refractivity contribution in [2.45, 2.75) is 39.5 Å². The first kappa shape index (κ1) is 17.2. The van der Waals surface area contributed by atoms with Crippen molar-refractivity contribution in [3.05, 3.63) is 0 Å². The van der Waals surface area contributed by atoms with Gasteiger partial charge in [-0.3, -0.25) is 0 Å². The first-order valence-electron chi connectivity index (χ1n) is 7.99. The molecule has 0 radical (unpaired) electrons. The molecule has 0 aromatic rings. The molecule has 0 N–H and O–H groups in total. The van der Waals surface area contributed by atoms with Gasteiger partial charge in [0.15, 0.2) is 0 Å². The van der Waals surface area contributed by atoms with E-state index in [1.807, 2.05) is 23.6 Å². The Morgan fingerprint density at radius 2 is 1.45 bits per heavy atom. The van der Waals surface area contributed by atoms with E-state index in [0.717, 1.165) is 25.9 Å². The van der Waals surface area contributed by atoms with Gasteiger partial charge in [-0.2, -0.15) is 0 Å². The van der Waals surface area contributed by atoms with E-state index in [-0.39, 0.29) is 6.03 Å². The fourth-order valence-corrected chi connectivity index (χ4v) is 2.40. The zero-order valence-electron chi connectivity index (χ0n) is 13.1. The highest BCUT2D eigenvalue weighted by molar-refractivity contribution is 5.74. The van der Waals surface area contributed by atoms with Gasteiger partial charge < -0.3 is 19.3 Å². The van der Waals surface area contributed by atoms with Crippen molar-refractivity contribution in [3.8, 4) is 0 Å². The number of likely N-dealkylation sites (tertiary alicyclic amines) is 1. The maximum absolute atomic E-state index is 12.6. The van der Waals surface area contributed by atoms with E-state index in [1.165, 1.54) is 12.8 Å². The molecule has 0 saturated carbocycles. The fraction of sp³-hybridized carbons (Fsp3) is 0.933. The Kier molecular flexibility index (Phi) is 9.41. The molecule has 1 fully saturated rings. The van der Waals surface area contributed by atoms with E-state index in [0.29, 0.717) is 39.5 Å². The zero-order chi connectivity index (χ0) is 14.6. The van der Waals surface area contributed by atoms with E-state index >= 15 is 0 Å². The van der Waals surface area contributed by atoms with Gasteiger partial charge in [-0.25, -0.2) is 4.79 Å². The molecule has 2 amide bonds. The lowest BCUT2D eigenvalue weighted by Crippen LogP contribution is -2.46. The van der Waals surface area contributed by atoms with Crippen LogP contribution < -0.4 is 0 Å². The monoisotopic (exact) mass is 286 g/mol. The molecule has 0 aromatic carbocycles. The third kappa shape index (κ3) is 6.57. The summed E-state index contributed by atoms with van der Waals surface area (Å²) >= 11 is 0. The number of carbonyl (C=O) groups is 1. The van der Waals surface area contributed by atoms with Crippen molar-refractivity contribution >= 4 is 6.03 Å². The van der Waals surface area contributed by atoms with E-state index in [2.05, 4.69) is 0 Å². The molecule has 1 rings (SSSR count). The molecule has 0 atom stereocenters. The highest BCUT2D eigenvalue weighted by Crippen LogP contribution is 2.11. The molecule has 20 heavy (non-hydrogen) atoms. The molecular formula is C15H30N2O3. The summed E-state index contributed by atoms with van der Waals surface area (Å²) in [6, 6.07) is 0.145. The summed E-state index contributed by atoms with van der Waals surface area (Å²) in [6.45, 7) is 9.60. The average molecular weight is 286 g/mol. The van der Waals surface area contributed by atoms with Gasteiger partial charge in [0.25, 0.3) is 0 Å². The molecule has 0 aromatic heterocycles. The van der Waals surface area contributed by atoms with E-state index < -0.39 is 0 Å². The van der Waals surface area contributed by atoms with Crippen LogP contribution in [0.2, 0.25) is 0 Å². The summed E-state index contributed by atoms with van der Waals surface area (Å²) in [7, 11) is 0. The standard InChI is InChI=1S/C15H30N2O3/c1-3-19-13-11-17(12-14-20-4-2)15(18)16-9-7-5-6-8-10-16/h3-14H2,1-2H3. The Morgan fingerprint density at radius 1 is 0.950 bits per heavy atom. The van der Waals surface area contributed by atoms with Gasteiger partial charge in [-0.05, 0) is 26.7 Å². The van der Waals surface area contributed by atoms with Gasteiger partial charge in [0.2, 0.25) is 0 Å². The molecule has 5 heteroatoms. The second-order valence-corrected chi connectivity index (χ2v) is 5.06. The molecule has 1 saturated heterocycles. The minimum Gasteiger partial charge on any atom is -0.380 e. The molecular weight excluding hydrogens is 256 g/mol. The van der Waals surface area contributed by atoms with Gasteiger partial charge >= 0.3 is 6.03 Å². The molecule has 118 valence electrons. The minimum atomic E-state index is 0.145. The Hall–Kier alpha value is -0.810. The maximum atomic E-state index is 12.6. The maximum Gasteiger partial charge on any atom is 0.320 e. The van der Waals surface area contributed by atoms with Crippen molar-refractivity contribution in [1.29, 1.82) is 0 Å². The number of nitrogens with zero attached hydrogens (tertiary/aromatic N) is 2. The van der Waals surface area contributed by atoms with Crippen LogP contribution >= 0.6 is 0 Å². The minimum absolute atomic E-state index is 0.145. The third-order valence-corrected chi connectivity index (χ3v) is 3.57. The van der Waals surface area contributed by atoms with Gasteiger partial charge in [0.05, 0.1) is 13.2 Å². The summed E-state index contributed by atoms with van der Waals surface area (Å²) in [6.07, 6.45) is 4.72. The van der Waals surface area contributed by atoms with E-state index in [1.54, 1.807) is 0 Å². The summed E-state index contributed by atoms with van der Waals surface area (Å²) in [4.78, 5) is 16.4. The molecule has 5 nitrogen and oxygen atoms in total. The van der Waals surface area contributed by atoms with Crippen molar-refractivity contribution in [1.82, 2.24) is 9.80 Å². The summed E-state index contributed by atoms with van der Waals surface area (Å²) in [5.41, 5.74) is 0. The predicted molar refractivity (Wildman–Crippen MR) is 80.0 cm³/mol. The van der Waals surface area contributed by atoms with E-state index in [9.17, 15) is 4.79 Å². The van der Waals surface area contributed by atoms with Gasteiger partial charge in [-0.15, -0.1) is 0 Å². The Balaban J connectivity index is 2.46. The SMILES string of the molecule is CCOCCN(CCOCC)C(=O)N1CCCCCC1. The average Bonchev–Trinajstić information content (AvgIpc) is 2.74. The number of carbonyl (C=O) groups excluding carboxylic acids is 1.